The van der Waals surface area contributed by atoms with Crippen LogP contribution in [-0.2, 0) is 20.7 Å². The molecular weight excluding hydrogens is 498 g/mol. The van der Waals surface area contributed by atoms with Crippen molar-refractivity contribution in [1.29, 1.82) is 0 Å². The zero-order valence-electron chi connectivity index (χ0n) is 21.1. The molecule has 1 fully saturated rings. The van der Waals surface area contributed by atoms with Crippen molar-refractivity contribution in [3.63, 3.8) is 0 Å². The molecule has 11 heteroatoms. The molecule has 6 N–H and O–H groups in total. The second-order valence-electron chi connectivity index (χ2n) is 10.1. The summed E-state index contributed by atoms with van der Waals surface area (Å²) in [4.78, 5) is 39.6. The molecule has 0 aromatic heterocycles. The minimum absolute atomic E-state index is 0.0147. The summed E-state index contributed by atoms with van der Waals surface area (Å²) in [5, 5.41) is 44.1. The number of aliphatic hydroxyl groups is 2. The van der Waals surface area contributed by atoms with Gasteiger partial charge in [-0.05, 0) is 19.9 Å². The monoisotopic (exact) mass is 527 g/mol. The molecule has 0 radical (unpaired) electrons. The summed E-state index contributed by atoms with van der Waals surface area (Å²) in [7, 11) is 1.34. The molecule has 11 nitrogen and oxygen atoms in total. The number of phenolic OH excluding ortho intramolecular Hbond substituents is 2. The third-order valence-corrected chi connectivity index (χ3v) is 7.80. The van der Waals surface area contributed by atoms with Crippen molar-refractivity contribution in [3.05, 3.63) is 51.6 Å². The summed E-state index contributed by atoms with van der Waals surface area (Å²) < 4.78 is 17.1. The van der Waals surface area contributed by atoms with E-state index in [1.54, 1.807) is 6.92 Å². The molecule has 0 spiro atoms. The minimum atomic E-state index is -2.00. The normalized spacial score (nSPS) is 30.3. The maximum absolute atomic E-state index is 13.6. The summed E-state index contributed by atoms with van der Waals surface area (Å²) >= 11 is 0. The molecule has 0 bridgehead atoms. The first kappa shape index (κ1) is 26.3. The van der Waals surface area contributed by atoms with Crippen LogP contribution in [0, 0.1) is 0 Å². The number of ether oxygens (including phenoxy) is 3. The van der Waals surface area contributed by atoms with E-state index in [0.717, 1.165) is 0 Å². The van der Waals surface area contributed by atoms with Gasteiger partial charge in [0, 0.05) is 42.0 Å². The number of aromatic hydroxyl groups is 2. The Morgan fingerprint density at radius 2 is 1.82 bits per heavy atom. The van der Waals surface area contributed by atoms with Crippen molar-refractivity contribution >= 4 is 17.3 Å². The fourth-order valence-corrected chi connectivity index (χ4v) is 5.66. The molecule has 3 aliphatic rings. The minimum Gasteiger partial charge on any atom is -0.507 e. The maximum atomic E-state index is 13.6. The Hall–Kier alpha value is -3.35. The fourth-order valence-electron chi connectivity index (χ4n) is 5.66. The molecule has 1 unspecified atom stereocenters. The Morgan fingerprint density at radius 1 is 1.13 bits per heavy atom. The molecule has 1 aliphatic heterocycles. The van der Waals surface area contributed by atoms with Gasteiger partial charge in [-0.1, -0.05) is 12.1 Å². The van der Waals surface area contributed by atoms with Gasteiger partial charge in [-0.25, -0.2) is 0 Å². The first-order valence-corrected chi connectivity index (χ1v) is 12.2. The van der Waals surface area contributed by atoms with Gasteiger partial charge >= 0.3 is 0 Å². The summed E-state index contributed by atoms with van der Waals surface area (Å²) in [5.74, 6) is -3.18. The Bertz CT molecular complexity index is 1360. The first-order chi connectivity index (χ1) is 17.9. The van der Waals surface area contributed by atoms with Crippen LogP contribution in [0.5, 0.6) is 17.2 Å². The second-order valence-corrected chi connectivity index (χ2v) is 10.1. The third kappa shape index (κ3) is 3.81. The third-order valence-electron chi connectivity index (χ3n) is 7.80. The van der Waals surface area contributed by atoms with Crippen LogP contribution in [0.15, 0.2) is 18.2 Å². The summed E-state index contributed by atoms with van der Waals surface area (Å²) in [6.45, 7) is 2.79. The van der Waals surface area contributed by atoms with E-state index in [1.165, 1.54) is 32.2 Å². The van der Waals surface area contributed by atoms with Gasteiger partial charge in [0.25, 0.3) is 0 Å². The van der Waals surface area contributed by atoms with E-state index in [1.807, 2.05) is 0 Å². The predicted molar refractivity (Wildman–Crippen MR) is 130 cm³/mol. The molecule has 0 amide bonds. The molecule has 1 heterocycles. The predicted octanol–water partition coefficient (Wildman–Crippen LogP) is 1.03. The number of rotatable bonds is 4. The average molecular weight is 528 g/mol. The van der Waals surface area contributed by atoms with Crippen LogP contribution in [-0.4, -0.2) is 75.0 Å². The maximum Gasteiger partial charge on any atom is 0.202 e. The zero-order chi connectivity index (χ0) is 27.7. The average Bonchev–Trinajstić information content (AvgIpc) is 2.87. The quantitative estimate of drug-likeness (QED) is 0.305. The number of hydrogen-bond acceptors (Lipinski definition) is 11. The lowest BCUT2D eigenvalue weighted by atomic mass is 9.72. The number of fused-ring (bicyclic) bond motifs is 3. The molecule has 0 saturated carbocycles. The lowest BCUT2D eigenvalue weighted by molar-refractivity contribution is -0.247. The SMILES string of the molecule is COc1cccc2c1C(=O)c1c(O)c3c(c(O)c1C2=O)C[C@@](O)(C(C)=O)CC3O[C@@H]1C[C@@H](N)[C@@H](O)[C@@H](C)O1. The van der Waals surface area contributed by atoms with Gasteiger partial charge in [-0.3, -0.25) is 14.4 Å². The molecule has 6 atom stereocenters. The smallest absolute Gasteiger partial charge is 0.202 e. The fraction of sp³-hybridized carbons (Fsp3) is 0.444. The largest absolute Gasteiger partial charge is 0.507 e. The van der Waals surface area contributed by atoms with Gasteiger partial charge in [-0.15, -0.1) is 0 Å². The molecule has 202 valence electrons. The zero-order valence-corrected chi connectivity index (χ0v) is 21.1. The van der Waals surface area contributed by atoms with E-state index in [0.29, 0.717) is 0 Å². The van der Waals surface area contributed by atoms with Crippen LogP contribution in [0.1, 0.15) is 75.8 Å². The van der Waals surface area contributed by atoms with Crippen LogP contribution < -0.4 is 10.5 Å². The molecule has 2 aromatic carbocycles. The number of hydrogen-bond donors (Lipinski definition) is 5. The standard InChI is InChI=1S/C27H29NO10/c1-10-22(30)14(28)7-17(37-10)38-16-9-27(35,11(2)29)8-13-19(16)26(34)21-20(24(13)32)23(31)12-5-4-6-15(36-3)18(12)25(21)33/h4-6,10,14,16-17,22,30,32,34-35H,7-9,28H2,1-3H3/t10-,14-,16?,17-,22+,27+/m1/s1. The van der Waals surface area contributed by atoms with Crippen LogP contribution in [0.3, 0.4) is 0 Å². The highest BCUT2D eigenvalue weighted by Gasteiger charge is 2.49. The highest BCUT2D eigenvalue weighted by atomic mass is 16.7. The summed E-state index contributed by atoms with van der Waals surface area (Å²) in [6.07, 6.45) is -4.53. The molecule has 1 saturated heterocycles. The number of carbonyl (C=O) groups excluding carboxylic acids is 3. The van der Waals surface area contributed by atoms with E-state index < -0.39 is 82.6 Å². The van der Waals surface area contributed by atoms with Gasteiger partial charge in [0.1, 0.15) is 22.8 Å². The Morgan fingerprint density at radius 3 is 2.45 bits per heavy atom. The number of methoxy groups -OCH3 is 1. The first-order valence-electron chi connectivity index (χ1n) is 12.2. The van der Waals surface area contributed by atoms with E-state index >= 15 is 0 Å². The van der Waals surface area contributed by atoms with Crippen molar-refractivity contribution in [2.45, 2.75) is 69.4 Å². The number of phenols is 2. The molecule has 38 heavy (non-hydrogen) atoms. The molecule has 5 rings (SSSR count). The lowest BCUT2D eigenvalue weighted by Gasteiger charge is -2.42. The van der Waals surface area contributed by atoms with Crippen molar-refractivity contribution in [2.24, 2.45) is 5.73 Å². The van der Waals surface area contributed by atoms with E-state index in [-0.39, 0.29) is 40.8 Å². The van der Waals surface area contributed by atoms with Crippen LogP contribution >= 0.6 is 0 Å². The Balaban J connectivity index is 1.68. The molecule has 2 aromatic rings. The molecule has 2 aliphatic carbocycles. The number of Topliss-reactive ketones (excluding diaryl/α,β-unsaturated/α-hetero) is 1. The summed E-state index contributed by atoms with van der Waals surface area (Å²) in [6, 6.07) is 3.75. The van der Waals surface area contributed by atoms with Crippen molar-refractivity contribution in [3.8, 4) is 17.2 Å². The van der Waals surface area contributed by atoms with E-state index in [9.17, 15) is 34.8 Å². The highest BCUT2D eigenvalue weighted by Crippen LogP contribution is 2.52. The number of carbonyl (C=O) groups is 3. The van der Waals surface area contributed by atoms with E-state index in [4.69, 9.17) is 19.9 Å². The van der Waals surface area contributed by atoms with Gasteiger partial charge < -0.3 is 40.4 Å². The highest BCUT2D eigenvalue weighted by molar-refractivity contribution is 6.31. The van der Waals surface area contributed by atoms with Gasteiger partial charge in [0.05, 0.1) is 42.1 Å². The topological polar surface area (TPSA) is 186 Å². The second kappa shape index (κ2) is 9.14. The Labute approximate surface area is 217 Å². The number of benzene rings is 2. The van der Waals surface area contributed by atoms with E-state index in [2.05, 4.69) is 0 Å². The van der Waals surface area contributed by atoms with Crippen LogP contribution in [0.25, 0.3) is 0 Å². The van der Waals surface area contributed by atoms with Crippen molar-refractivity contribution < 1.29 is 49.0 Å². The van der Waals surface area contributed by atoms with Gasteiger partial charge in [-0.2, -0.15) is 0 Å². The summed E-state index contributed by atoms with van der Waals surface area (Å²) in [5.41, 5.74) is 2.97. The lowest BCUT2D eigenvalue weighted by Crippen LogP contribution is -2.52. The number of nitrogens with two attached hydrogens (primary N) is 1. The number of ketones is 3. The van der Waals surface area contributed by atoms with Gasteiger partial charge in [0.15, 0.2) is 17.9 Å². The Kier molecular flexibility index (Phi) is 6.32. The van der Waals surface area contributed by atoms with Crippen molar-refractivity contribution in [1.82, 2.24) is 0 Å². The van der Waals surface area contributed by atoms with Crippen molar-refractivity contribution in [2.75, 3.05) is 7.11 Å². The van der Waals surface area contributed by atoms with Crippen LogP contribution in [0.4, 0.5) is 0 Å². The molecular formula is C27H29NO10. The number of aliphatic hydroxyl groups excluding tert-OH is 1. The van der Waals surface area contributed by atoms with Crippen LogP contribution in [0.2, 0.25) is 0 Å². The van der Waals surface area contributed by atoms with Gasteiger partial charge in [0.2, 0.25) is 5.78 Å².